The first-order valence-electron chi connectivity index (χ1n) is 8.44. The van der Waals surface area contributed by atoms with Crippen LogP contribution in [0, 0.1) is 0 Å². The summed E-state index contributed by atoms with van der Waals surface area (Å²) < 4.78 is 51.9. The van der Waals surface area contributed by atoms with Crippen LogP contribution in [0.3, 0.4) is 0 Å². The van der Waals surface area contributed by atoms with E-state index in [1.54, 1.807) is 12.1 Å². The van der Waals surface area contributed by atoms with Crippen LogP contribution in [0.2, 0.25) is 0 Å². The fourth-order valence-electron chi connectivity index (χ4n) is 2.45. The molecule has 0 aliphatic heterocycles. The lowest BCUT2D eigenvalue weighted by Gasteiger charge is -2.11. The van der Waals surface area contributed by atoms with Gasteiger partial charge in [0.05, 0.1) is 12.2 Å². The molecule has 9 heteroatoms. The molecule has 0 amide bonds. The number of rotatable bonds is 7. The largest absolute Gasteiger partial charge is 0.573 e. The van der Waals surface area contributed by atoms with E-state index in [-0.39, 0.29) is 11.0 Å². The number of para-hydroxylation sites is 1. The van der Waals surface area contributed by atoms with E-state index in [4.69, 9.17) is 9.15 Å². The van der Waals surface area contributed by atoms with Crippen molar-refractivity contribution in [2.24, 2.45) is 0 Å². The maximum Gasteiger partial charge on any atom is 0.573 e. The van der Waals surface area contributed by atoms with Gasteiger partial charge in [-0.05, 0) is 43.7 Å². The summed E-state index contributed by atoms with van der Waals surface area (Å²) in [7, 11) is 0. The van der Waals surface area contributed by atoms with Crippen LogP contribution in [0.15, 0.2) is 58.2 Å². The lowest BCUT2D eigenvalue weighted by Crippen LogP contribution is -2.17. The van der Waals surface area contributed by atoms with Crippen LogP contribution in [0.1, 0.15) is 24.7 Å². The summed E-state index contributed by atoms with van der Waals surface area (Å²) in [6.07, 6.45) is -4.71. The minimum atomic E-state index is -4.71. The van der Waals surface area contributed by atoms with Gasteiger partial charge in [-0.25, -0.2) is 0 Å². The molecule has 28 heavy (non-hydrogen) atoms. The van der Waals surface area contributed by atoms with Crippen molar-refractivity contribution in [2.75, 3.05) is 6.61 Å². The summed E-state index contributed by atoms with van der Waals surface area (Å²) in [5.41, 5.74) is 1.50. The predicted octanol–water partition coefficient (Wildman–Crippen LogP) is 5.89. The quantitative estimate of drug-likeness (QED) is 0.453. The summed E-state index contributed by atoms with van der Waals surface area (Å²) in [5, 5.41) is 8.35. The Morgan fingerprint density at radius 1 is 1.07 bits per heavy atom. The Kier molecular flexibility index (Phi) is 6.13. The standard InChI is InChI=1S/C19H17F3N2O3S/c1-3-25-16-7-5-4-6-15(16)17-23-24-18(26-17)28-12(2)13-8-10-14(11-9-13)27-19(20,21)22/h4-12H,3H2,1-2H3. The number of hydrogen-bond donors (Lipinski definition) is 0. The van der Waals surface area contributed by atoms with Gasteiger partial charge in [0.25, 0.3) is 11.1 Å². The molecule has 0 spiro atoms. The second kappa shape index (κ2) is 8.55. The van der Waals surface area contributed by atoms with E-state index in [9.17, 15) is 13.2 Å². The van der Waals surface area contributed by atoms with Crippen LogP contribution in [0.5, 0.6) is 11.5 Å². The van der Waals surface area contributed by atoms with Crippen LogP contribution >= 0.6 is 11.8 Å². The molecule has 3 aromatic rings. The normalized spacial score (nSPS) is 12.6. The molecule has 3 rings (SSSR count). The van der Waals surface area contributed by atoms with E-state index in [0.29, 0.717) is 29.0 Å². The van der Waals surface area contributed by atoms with Crippen molar-refractivity contribution < 1.29 is 27.1 Å². The van der Waals surface area contributed by atoms with E-state index in [1.165, 1.54) is 23.9 Å². The molecule has 148 valence electrons. The molecule has 2 aromatic carbocycles. The van der Waals surface area contributed by atoms with Crippen molar-refractivity contribution in [3.8, 4) is 23.0 Å². The molecule has 1 atom stereocenters. The summed E-state index contributed by atoms with van der Waals surface area (Å²) >= 11 is 1.31. The van der Waals surface area contributed by atoms with E-state index in [1.807, 2.05) is 38.1 Å². The molecule has 0 radical (unpaired) electrons. The molecule has 1 unspecified atom stereocenters. The Morgan fingerprint density at radius 2 is 1.79 bits per heavy atom. The lowest BCUT2D eigenvalue weighted by atomic mass is 10.2. The number of benzene rings is 2. The van der Waals surface area contributed by atoms with Crippen LogP contribution < -0.4 is 9.47 Å². The fourth-order valence-corrected chi connectivity index (χ4v) is 3.26. The molecule has 1 heterocycles. The van der Waals surface area contributed by atoms with E-state index in [2.05, 4.69) is 14.9 Å². The molecule has 5 nitrogen and oxygen atoms in total. The molecule has 0 aliphatic rings. The third-order valence-electron chi connectivity index (χ3n) is 3.68. The topological polar surface area (TPSA) is 57.4 Å². The zero-order chi connectivity index (χ0) is 20.1. The zero-order valence-corrected chi connectivity index (χ0v) is 15.9. The minimum absolute atomic E-state index is 0.115. The van der Waals surface area contributed by atoms with Crippen LogP contribution in [-0.4, -0.2) is 23.2 Å². The third-order valence-corrected chi connectivity index (χ3v) is 4.68. The maximum absolute atomic E-state index is 12.2. The first-order valence-corrected chi connectivity index (χ1v) is 9.31. The van der Waals surface area contributed by atoms with Gasteiger partial charge in [0.15, 0.2) is 0 Å². The molecule has 0 aliphatic carbocycles. The molecule has 0 saturated carbocycles. The molecule has 1 aromatic heterocycles. The minimum Gasteiger partial charge on any atom is -0.493 e. The number of halogens is 3. The van der Waals surface area contributed by atoms with E-state index >= 15 is 0 Å². The Morgan fingerprint density at radius 3 is 2.46 bits per heavy atom. The lowest BCUT2D eigenvalue weighted by molar-refractivity contribution is -0.274. The van der Waals surface area contributed by atoms with E-state index < -0.39 is 6.36 Å². The second-order valence-electron chi connectivity index (χ2n) is 5.68. The van der Waals surface area contributed by atoms with Gasteiger partial charge in [-0.1, -0.05) is 36.0 Å². The van der Waals surface area contributed by atoms with Crippen molar-refractivity contribution in [3.05, 3.63) is 54.1 Å². The Labute approximate surface area is 163 Å². The third kappa shape index (κ3) is 5.19. The van der Waals surface area contributed by atoms with Crippen LogP contribution in [0.25, 0.3) is 11.5 Å². The highest BCUT2D eigenvalue weighted by molar-refractivity contribution is 7.99. The average molecular weight is 410 g/mol. The van der Waals surface area contributed by atoms with Gasteiger partial charge in [-0.2, -0.15) is 0 Å². The van der Waals surface area contributed by atoms with Gasteiger partial charge in [-0.15, -0.1) is 23.4 Å². The summed E-state index contributed by atoms with van der Waals surface area (Å²) in [5.74, 6) is 0.729. The zero-order valence-electron chi connectivity index (χ0n) is 15.1. The number of alkyl halides is 3. The predicted molar refractivity (Wildman–Crippen MR) is 98.3 cm³/mol. The average Bonchev–Trinajstić information content (AvgIpc) is 3.10. The van der Waals surface area contributed by atoms with Crippen molar-refractivity contribution in [2.45, 2.75) is 30.7 Å². The molecule has 0 bridgehead atoms. The summed E-state index contributed by atoms with van der Waals surface area (Å²) in [6, 6.07) is 13.0. The number of ether oxygens (including phenoxy) is 2. The number of hydrogen-bond acceptors (Lipinski definition) is 6. The van der Waals surface area contributed by atoms with Crippen LogP contribution in [-0.2, 0) is 0 Å². The van der Waals surface area contributed by atoms with Gasteiger partial charge >= 0.3 is 6.36 Å². The number of thioether (sulfide) groups is 1. The number of nitrogens with zero attached hydrogens (tertiary/aromatic N) is 2. The highest BCUT2D eigenvalue weighted by atomic mass is 32.2. The van der Waals surface area contributed by atoms with E-state index in [0.717, 1.165) is 5.56 Å². The van der Waals surface area contributed by atoms with Gasteiger partial charge < -0.3 is 13.9 Å². The SMILES string of the molecule is CCOc1ccccc1-c1nnc(SC(C)c2ccc(OC(F)(F)F)cc2)o1. The Balaban J connectivity index is 1.70. The molecule has 0 N–H and O–H groups in total. The smallest absolute Gasteiger partial charge is 0.493 e. The monoisotopic (exact) mass is 410 g/mol. The van der Waals surface area contributed by atoms with Crippen molar-refractivity contribution >= 4 is 11.8 Å². The first-order chi connectivity index (χ1) is 13.4. The molecular formula is C19H17F3N2O3S. The van der Waals surface area contributed by atoms with Gasteiger partial charge in [0.2, 0.25) is 0 Å². The molecule has 0 saturated heterocycles. The van der Waals surface area contributed by atoms with Gasteiger partial charge in [0.1, 0.15) is 11.5 Å². The van der Waals surface area contributed by atoms with Crippen molar-refractivity contribution in [3.63, 3.8) is 0 Å². The summed E-state index contributed by atoms with van der Waals surface area (Å²) in [4.78, 5) is 0. The molecule has 0 fully saturated rings. The fraction of sp³-hybridized carbons (Fsp3) is 0.263. The summed E-state index contributed by atoms with van der Waals surface area (Å²) in [6.45, 7) is 4.29. The van der Waals surface area contributed by atoms with Crippen molar-refractivity contribution in [1.82, 2.24) is 10.2 Å². The highest BCUT2D eigenvalue weighted by Gasteiger charge is 2.31. The molecular weight excluding hydrogens is 393 g/mol. The Hall–Kier alpha value is -2.68. The van der Waals surface area contributed by atoms with Gasteiger partial charge in [-0.3, -0.25) is 0 Å². The van der Waals surface area contributed by atoms with Gasteiger partial charge in [0, 0.05) is 5.25 Å². The highest BCUT2D eigenvalue weighted by Crippen LogP contribution is 2.37. The van der Waals surface area contributed by atoms with Crippen LogP contribution in [0.4, 0.5) is 13.2 Å². The first kappa shape index (κ1) is 20.1. The maximum atomic E-state index is 12.2. The number of aromatic nitrogens is 2. The second-order valence-corrected chi connectivity index (χ2v) is 6.97. The van der Waals surface area contributed by atoms with Crippen molar-refractivity contribution in [1.29, 1.82) is 0 Å². The Bertz CT molecular complexity index is 913.